The quantitative estimate of drug-likeness (QED) is 0.872. The van der Waals surface area contributed by atoms with Crippen LogP contribution in [0.15, 0.2) is 0 Å². The number of hydrogen-bond acceptors (Lipinski definition) is 3. The standard InChI is InChI=1S/C17H27N5/c1-11-14(12(2)21(6)19-11)9-10-15-18-16(13-7-8-13)20-22(15)17(3,4)5/h13H,7-10H2,1-6H3. The lowest BCUT2D eigenvalue weighted by molar-refractivity contribution is 0.339. The van der Waals surface area contributed by atoms with Crippen LogP contribution in [0.5, 0.6) is 0 Å². The lowest BCUT2D eigenvalue weighted by atomic mass is 10.1. The molecule has 1 saturated carbocycles. The van der Waals surface area contributed by atoms with Crippen molar-refractivity contribution in [2.45, 2.75) is 71.8 Å². The Kier molecular flexibility index (Phi) is 3.62. The van der Waals surface area contributed by atoms with Gasteiger partial charge in [0.25, 0.3) is 0 Å². The number of rotatable bonds is 4. The first kappa shape index (κ1) is 15.3. The lowest BCUT2D eigenvalue weighted by Crippen LogP contribution is -2.26. The highest BCUT2D eigenvalue weighted by atomic mass is 15.4. The van der Waals surface area contributed by atoms with Gasteiger partial charge in [0.1, 0.15) is 5.82 Å². The summed E-state index contributed by atoms with van der Waals surface area (Å²) in [5.41, 5.74) is 3.71. The van der Waals surface area contributed by atoms with Gasteiger partial charge in [-0.15, -0.1) is 0 Å². The molecule has 0 aliphatic heterocycles. The molecule has 3 rings (SSSR count). The summed E-state index contributed by atoms with van der Waals surface area (Å²) in [6.45, 7) is 10.8. The van der Waals surface area contributed by atoms with Gasteiger partial charge in [-0.1, -0.05) is 0 Å². The van der Waals surface area contributed by atoms with Crippen LogP contribution in [0, 0.1) is 13.8 Å². The second-order valence-electron chi connectivity index (χ2n) is 7.52. The van der Waals surface area contributed by atoms with Crippen LogP contribution in [0.4, 0.5) is 0 Å². The van der Waals surface area contributed by atoms with Crippen molar-refractivity contribution in [1.82, 2.24) is 24.5 Å². The Hall–Kier alpha value is -1.65. The number of aromatic nitrogens is 5. The van der Waals surface area contributed by atoms with Crippen LogP contribution in [-0.2, 0) is 25.4 Å². The van der Waals surface area contributed by atoms with Crippen molar-refractivity contribution < 1.29 is 0 Å². The van der Waals surface area contributed by atoms with Gasteiger partial charge in [-0.3, -0.25) is 4.68 Å². The van der Waals surface area contributed by atoms with E-state index in [4.69, 9.17) is 10.1 Å². The molecular formula is C17H27N5. The normalized spacial score (nSPS) is 15.5. The Morgan fingerprint density at radius 3 is 2.27 bits per heavy atom. The molecule has 0 aromatic carbocycles. The molecule has 5 heteroatoms. The molecule has 0 atom stereocenters. The third-order valence-corrected chi connectivity index (χ3v) is 4.53. The molecule has 120 valence electrons. The van der Waals surface area contributed by atoms with Crippen molar-refractivity contribution in [3.63, 3.8) is 0 Å². The maximum absolute atomic E-state index is 4.84. The van der Waals surface area contributed by atoms with E-state index in [0.717, 1.165) is 30.2 Å². The van der Waals surface area contributed by atoms with E-state index in [2.05, 4.69) is 44.4 Å². The first-order chi connectivity index (χ1) is 10.3. The first-order valence-corrected chi connectivity index (χ1v) is 8.22. The fourth-order valence-electron chi connectivity index (χ4n) is 2.99. The summed E-state index contributed by atoms with van der Waals surface area (Å²) in [5, 5.41) is 9.30. The van der Waals surface area contributed by atoms with Crippen LogP contribution >= 0.6 is 0 Å². The van der Waals surface area contributed by atoms with Gasteiger partial charge in [0.15, 0.2) is 5.82 Å². The topological polar surface area (TPSA) is 48.5 Å². The maximum Gasteiger partial charge on any atom is 0.154 e. The van der Waals surface area contributed by atoms with Gasteiger partial charge in [0.05, 0.1) is 11.2 Å². The Labute approximate surface area is 132 Å². The van der Waals surface area contributed by atoms with Crippen LogP contribution in [-0.4, -0.2) is 24.5 Å². The van der Waals surface area contributed by atoms with E-state index in [1.54, 1.807) is 0 Å². The van der Waals surface area contributed by atoms with Crippen molar-refractivity contribution in [1.29, 1.82) is 0 Å². The van der Waals surface area contributed by atoms with Crippen molar-refractivity contribution in [2.24, 2.45) is 7.05 Å². The van der Waals surface area contributed by atoms with Crippen LogP contribution in [0.1, 0.15) is 68.1 Å². The third kappa shape index (κ3) is 2.81. The second kappa shape index (κ2) is 5.21. The van der Waals surface area contributed by atoms with E-state index in [0.29, 0.717) is 5.92 Å². The van der Waals surface area contributed by atoms with Crippen LogP contribution in [0.2, 0.25) is 0 Å². The minimum Gasteiger partial charge on any atom is -0.272 e. The average molecular weight is 301 g/mol. The SMILES string of the molecule is Cc1nn(C)c(C)c1CCc1nc(C2CC2)nn1C(C)(C)C. The fraction of sp³-hybridized carbons (Fsp3) is 0.706. The van der Waals surface area contributed by atoms with Gasteiger partial charge in [-0.2, -0.15) is 10.2 Å². The van der Waals surface area contributed by atoms with Gasteiger partial charge in [0, 0.05) is 25.1 Å². The van der Waals surface area contributed by atoms with Crippen molar-refractivity contribution in [2.75, 3.05) is 0 Å². The molecular weight excluding hydrogens is 274 g/mol. The van der Waals surface area contributed by atoms with E-state index < -0.39 is 0 Å². The highest BCUT2D eigenvalue weighted by Gasteiger charge is 2.31. The van der Waals surface area contributed by atoms with Crippen LogP contribution < -0.4 is 0 Å². The summed E-state index contributed by atoms with van der Waals surface area (Å²) in [6, 6.07) is 0. The molecule has 1 aliphatic rings. The average Bonchev–Trinajstić information content (AvgIpc) is 3.12. The van der Waals surface area contributed by atoms with Gasteiger partial charge >= 0.3 is 0 Å². The van der Waals surface area contributed by atoms with E-state index >= 15 is 0 Å². The van der Waals surface area contributed by atoms with Crippen molar-refractivity contribution in [3.05, 3.63) is 28.6 Å². The third-order valence-electron chi connectivity index (χ3n) is 4.53. The molecule has 0 spiro atoms. The molecule has 1 aliphatic carbocycles. The number of aryl methyl sites for hydroxylation is 3. The molecule has 1 fully saturated rings. The fourth-order valence-corrected chi connectivity index (χ4v) is 2.99. The molecule has 0 radical (unpaired) electrons. The maximum atomic E-state index is 4.84. The molecule has 22 heavy (non-hydrogen) atoms. The van der Waals surface area contributed by atoms with Crippen molar-refractivity contribution >= 4 is 0 Å². The summed E-state index contributed by atoms with van der Waals surface area (Å²) in [7, 11) is 2.01. The molecule has 2 aromatic rings. The molecule has 2 aromatic heterocycles. The molecule has 0 amide bonds. The molecule has 0 N–H and O–H groups in total. The van der Waals surface area contributed by atoms with Gasteiger partial charge in [0.2, 0.25) is 0 Å². The Balaban J connectivity index is 1.85. The van der Waals surface area contributed by atoms with Gasteiger partial charge < -0.3 is 0 Å². The smallest absolute Gasteiger partial charge is 0.154 e. The molecule has 0 saturated heterocycles. The van der Waals surface area contributed by atoms with E-state index in [1.165, 1.54) is 24.1 Å². The van der Waals surface area contributed by atoms with Gasteiger partial charge in [-0.25, -0.2) is 9.67 Å². The summed E-state index contributed by atoms with van der Waals surface area (Å²) < 4.78 is 4.09. The monoisotopic (exact) mass is 301 g/mol. The predicted octanol–water partition coefficient (Wildman–Crippen LogP) is 3.05. The highest BCUT2D eigenvalue weighted by molar-refractivity contribution is 5.25. The molecule has 0 unspecified atom stereocenters. The Morgan fingerprint density at radius 2 is 1.77 bits per heavy atom. The zero-order valence-corrected chi connectivity index (χ0v) is 14.6. The minimum atomic E-state index is -0.0193. The molecule has 2 heterocycles. The minimum absolute atomic E-state index is 0.0193. The van der Waals surface area contributed by atoms with E-state index in [-0.39, 0.29) is 5.54 Å². The molecule has 0 bridgehead atoms. The molecule has 5 nitrogen and oxygen atoms in total. The zero-order valence-electron chi connectivity index (χ0n) is 14.6. The van der Waals surface area contributed by atoms with Crippen LogP contribution in [0.3, 0.4) is 0 Å². The summed E-state index contributed by atoms with van der Waals surface area (Å²) >= 11 is 0. The highest BCUT2D eigenvalue weighted by Crippen LogP contribution is 2.38. The summed E-state index contributed by atoms with van der Waals surface area (Å²) in [6.07, 6.45) is 4.39. The lowest BCUT2D eigenvalue weighted by Gasteiger charge is -2.21. The summed E-state index contributed by atoms with van der Waals surface area (Å²) in [5.74, 6) is 2.76. The van der Waals surface area contributed by atoms with Crippen molar-refractivity contribution in [3.8, 4) is 0 Å². The first-order valence-electron chi connectivity index (χ1n) is 8.22. The number of nitrogens with zero attached hydrogens (tertiary/aromatic N) is 5. The largest absolute Gasteiger partial charge is 0.272 e. The van der Waals surface area contributed by atoms with Crippen LogP contribution in [0.25, 0.3) is 0 Å². The second-order valence-corrected chi connectivity index (χ2v) is 7.52. The van der Waals surface area contributed by atoms with E-state index in [9.17, 15) is 0 Å². The van der Waals surface area contributed by atoms with Gasteiger partial charge in [-0.05, 0) is 59.4 Å². The predicted molar refractivity (Wildman–Crippen MR) is 87.1 cm³/mol. The van der Waals surface area contributed by atoms with E-state index in [1.807, 2.05) is 11.7 Å². The Bertz CT molecular complexity index is 683. The number of hydrogen-bond donors (Lipinski definition) is 0. The Morgan fingerprint density at radius 1 is 1.09 bits per heavy atom. The summed E-state index contributed by atoms with van der Waals surface area (Å²) in [4.78, 5) is 4.84. The zero-order chi connectivity index (χ0) is 16.1.